The summed E-state index contributed by atoms with van der Waals surface area (Å²) in [6.45, 7) is 6.13. The first-order valence-electron chi connectivity index (χ1n) is 8.36. The molecule has 138 valence electrons. The summed E-state index contributed by atoms with van der Waals surface area (Å²) in [4.78, 5) is 37.6. The van der Waals surface area contributed by atoms with Crippen LogP contribution in [0.5, 0.6) is 5.75 Å². The van der Waals surface area contributed by atoms with Crippen molar-refractivity contribution in [3.05, 3.63) is 53.8 Å². The Morgan fingerprint density at radius 1 is 1.23 bits per heavy atom. The van der Waals surface area contributed by atoms with E-state index in [0.717, 1.165) is 12.0 Å². The number of rotatable bonds is 1. The van der Waals surface area contributed by atoms with Gasteiger partial charge in [-0.2, -0.15) is 0 Å². The van der Waals surface area contributed by atoms with Gasteiger partial charge in [-0.1, -0.05) is 19.6 Å². The normalized spacial score (nSPS) is 18.0. The van der Waals surface area contributed by atoms with Gasteiger partial charge in [0.25, 0.3) is 5.91 Å². The van der Waals surface area contributed by atoms with Gasteiger partial charge in [0, 0.05) is 18.8 Å². The van der Waals surface area contributed by atoms with Crippen molar-refractivity contribution in [3.63, 3.8) is 0 Å². The topological polar surface area (TPSA) is 87.7 Å². The quantitative estimate of drug-likeness (QED) is 0.785. The summed E-state index contributed by atoms with van der Waals surface area (Å²) < 4.78 is 5.70. The van der Waals surface area contributed by atoms with E-state index in [1.165, 1.54) is 24.1 Å². The molecular formula is C19H23N3O4. The monoisotopic (exact) mass is 357 g/mol. The number of fused-ring (bicyclic) bond motifs is 1. The number of nitrogens with one attached hydrogen (secondary N) is 2. The Labute approximate surface area is 152 Å². The van der Waals surface area contributed by atoms with Crippen LogP contribution in [0.3, 0.4) is 0 Å². The molecule has 1 aliphatic heterocycles. The Morgan fingerprint density at radius 2 is 2.00 bits per heavy atom. The molecule has 2 rings (SSSR count). The van der Waals surface area contributed by atoms with Gasteiger partial charge >= 0.3 is 0 Å². The Kier molecular flexibility index (Phi) is 6.54. The lowest BCUT2D eigenvalue weighted by Crippen LogP contribution is -2.39. The van der Waals surface area contributed by atoms with Crippen molar-refractivity contribution in [2.24, 2.45) is 0 Å². The summed E-state index contributed by atoms with van der Waals surface area (Å²) in [5.41, 5.74) is 1.66. The number of amides is 3. The fraction of sp³-hybridized carbons (Fsp3) is 0.316. The lowest BCUT2D eigenvalue weighted by atomic mass is 10.1. The van der Waals surface area contributed by atoms with Gasteiger partial charge < -0.3 is 20.3 Å². The minimum Gasteiger partial charge on any atom is -0.491 e. The van der Waals surface area contributed by atoms with Crippen LogP contribution in [-0.4, -0.2) is 49.4 Å². The van der Waals surface area contributed by atoms with Gasteiger partial charge in [0.05, 0.1) is 18.7 Å². The highest BCUT2D eigenvalue weighted by molar-refractivity contribution is 5.98. The van der Waals surface area contributed by atoms with Gasteiger partial charge in [-0.3, -0.25) is 14.4 Å². The molecule has 1 aromatic rings. The molecule has 0 aliphatic carbocycles. The number of aryl methyl sites for hydroxylation is 1. The van der Waals surface area contributed by atoms with Crippen LogP contribution in [0.2, 0.25) is 0 Å². The van der Waals surface area contributed by atoms with E-state index in [0.29, 0.717) is 11.3 Å². The molecule has 2 N–H and O–H groups in total. The first-order chi connectivity index (χ1) is 12.4. The van der Waals surface area contributed by atoms with Gasteiger partial charge in [-0.05, 0) is 30.2 Å². The molecule has 7 nitrogen and oxygen atoms in total. The smallest absolute Gasteiger partial charge is 0.259 e. The molecule has 0 spiro atoms. The summed E-state index contributed by atoms with van der Waals surface area (Å²) in [5.74, 6) is -0.592. The fourth-order valence-corrected chi connectivity index (χ4v) is 2.35. The van der Waals surface area contributed by atoms with E-state index in [9.17, 15) is 14.4 Å². The third kappa shape index (κ3) is 5.20. The predicted molar refractivity (Wildman–Crippen MR) is 97.7 cm³/mol. The second-order valence-electron chi connectivity index (χ2n) is 5.89. The Morgan fingerprint density at radius 3 is 2.73 bits per heavy atom. The minimum atomic E-state index is -0.378. The molecular weight excluding hydrogens is 334 g/mol. The van der Waals surface area contributed by atoms with E-state index in [4.69, 9.17) is 4.74 Å². The maximum Gasteiger partial charge on any atom is 0.259 e. The van der Waals surface area contributed by atoms with E-state index in [2.05, 4.69) is 17.2 Å². The molecule has 3 amide bonds. The van der Waals surface area contributed by atoms with Crippen LogP contribution in [-0.2, 0) is 16.0 Å². The highest BCUT2D eigenvalue weighted by atomic mass is 16.5. The van der Waals surface area contributed by atoms with Gasteiger partial charge in [0.2, 0.25) is 11.8 Å². The number of carbonyl (C=O) groups is 3. The average molecular weight is 357 g/mol. The number of benzene rings is 1. The molecule has 1 heterocycles. The number of likely N-dealkylation sites (N-methyl/N-ethyl adjacent to an activating group) is 1. The van der Waals surface area contributed by atoms with Crippen molar-refractivity contribution in [2.75, 3.05) is 26.7 Å². The number of hydrogen-bond donors (Lipinski definition) is 2. The van der Waals surface area contributed by atoms with E-state index in [1.54, 1.807) is 6.07 Å². The first kappa shape index (κ1) is 19.2. The highest BCUT2D eigenvalue weighted by Crippen LogP contribution is 2.21. The minimum absolute atomic E-state index is 0.0709. The fourth-order valence-electron chi connectivity index (χ4n) is 2.35. The van der Waals surface area contributed by atoms with Crippen molar-refractivity contribution in [1.29, 1.82) is 0 Å². The maximum absolute atomic E-state index is 12.5. The van der Waals surface area contributed by atoms with Crippen LogP contribution in [0.4, 0.5) is 0 Å². The maximum atomic E-state index is 12.5. The second-order valence-corrected chi connectivity index (χ2v) is 5.89. The average Bonchev–Trinajstić information content (AvgIpc) is 2.62. The molecule has 7 heteroatoms. The molecule has 0 saturated heterocycles. The predicted octanol–water partition coefficient (Wildman–Crippen LogP) is 1.02. The molecule has 26 heavy (non-hydrogen) atoms. The SMILES string of the molecule is C=C1/C=C/C(=O)N(C)CC(=O)NCCOc2cc(CC)ccc2C(=O)N1. The molecule has 0 bridgehead atoms. The lowest BCUT2D eigenvalue weighted by molar-refractivity contribution is -0.131. The zero-order chi connectivity index (χ0) is 19.1. The number of hydrogen-bond acceptors (Lipinski definition) is 4. The van der Waals surface area contributed by atoms with Crippen molar-refractivity contribution in [2.45, 2.75) is 13.3 Å². The molecule has 1 aromatic carbocycles. The summed E-state index contributed by atoms with van der Waals surface area (Å²) in [6.07, 6.45) is 3.46. The molecule has 0 saturated carbocycles. The Bertz CT molecular complexity index is 755. The van der Waals surface area contributed by atoms with Crippen LogP contribution in [0.25, 0.3) is 0 Å². The molecule has 0 unspecified atom stereocenters. The Balaban J connectivity index is 2.28. The van der Waals surface area contributed by atoms with Crippen molar-refractivity contribution >= 4 is 17.7 Å². The summed E-state index contributed by atoms with van der Waals surface area (Å²) in [7, 11) is 1.52. The van der Waals surface area contributed by atoms with Crippen LogP contribution in [0.15, 0.2) is 42.6 Å². The second kappa shape index (κ2) is 8.84. The largest absolute Gasteiger partial charge is 0.491 e. The summed E-state index contributed by atoms with van der Waals surface area (Å²) >= 11 is 0. The standard InChI is InChI=1S/C19H23N3O4/c1-4-14-6-7-15-16(11-14)26-10-9-20-17(23)12-22(3)18(24)8-5-13(2)21-19(15)25/h5-8,11H,2,4,9-10,12H2,1,3H3,(H,20,23)(H,21,25)/b8-5+. The highest BCUT2D eigenvalue weighted by Gasteiger charge is 2.15. The summed E-state index contributed by atoms with van der Waals surface area (Å²) in [6, 6.07) is 5.36. The molecule has 0 fully saturated rings. The molecule has 0 atom stereocenters. The van der Waals surface area contributed by atoms with E-state index >= 15 is 0 Å². The molecule has 0 aromatic heterocycles. The van der Waals surface area contributed by atoms with Gasteiger partial charge in [0.15, 0.2) is 0 Å². The third-order valence-electron chi connectivity index (χ3n) is 3.84. The lowest BCUT2D eigenvalue weighted by Gasteiger charge is -2.15. The van der Waals surface area contributed by atoms with E-state index in [-0.39, 0.29) is 43.1 Å². The molecule has 0 radical (unpaired) electrons. The molecule has 1 aliphatic rings. The van der Waals surface area contributed by atoms with Gasteiger partial charge in [-0.25, -0.2) is 0 Å². The van der Waals surface area contributed by atoms with Crippen LogP contribution in [0.1, 0.15) is 22.8 Å². The number of allylic oxidation sites excluding steroid dienone is 1. The van der Waals surface area contributed by atoms with Gasteiger partial charge in [0.1, 0.15) is 12.4 Å². The zero-order valence-corrected chi connectivity index (χ0v) is 15.0. The van der Waals surface area contributed by atoms with Crippen LogP contribution in [0, 0.1) is 0 Å². The van der Waals surface area contributed by atoms with E-state index in [1.807, 2.05) is 19.1 Å². The summed E-state index contributed by atoms with van der Waals surface area (Å²) in [5, 5.41) is 5.32. The Hall–Kier alpha value is -3.09. The van der Waals surface area contributed by atoms with E-state index < -0.39 is 0 Å². The number of ether oxygens (including phenoxy) is 1. The number of carbonyl (C=O) groups excluding carboxylic acids is 3. The number of nitrogens with zero attached hydrogens (tertiary/aromatic N) is 1. The third-order valence-corrected chi connectivity index (χ3v) is 3.84. The van der Waals surface area contributed by atoms with Crippen molar-refractivity contribution in [1.82, 2.24) is 15.5 Å². The first-order valence-corrected chi connectivity index (χ1v) is 8.36. The zero-order valence-electron chi connectivity index (χ0n) is 15.0. The van der Waals surface area contributed by atoms with Crippen LogP contribution >= 0.6 is 0 Å². The van der Waals surface area contributed by atoms with Crippen molar-refractivity contribution in [3.8, 4) is 5.75 Å². The van der Waals surface area contributed by atoms with Crippen molar-refractivity contribution < 1.29 is 19.1 Å². The van der Waals surface area contributed by atoms with Gasteiger partial charge in [-0.15, -0.1) is 0 Å². The van der Waals surface area contributed by atoms with Crippen LogP contribution < -0.4 is 15.4 Å².